The molecule has 2 aliphatic heterocycles. The molecular weight excluding hydrogens is 362 g/mol. The van der Waals surface area contributed by atoms with E-state index in [1.165, 1.54) is 13.3 Å². The van der Waals surface area contributed by atoms with Crippen molar-refractivity contribution in [2.45, 2.75) is 6.04 Å². The lowest BCUT2D eigenvalue weighted by Gasteiger charge is -2.32. The van der Waals surface area contributed by atoms with Crippen LogP contribution < -0.4 is 15.5 Å². The van der Waals surface area contributed by atoms with Gasteiger partial charge in [-0.25, -0.2) is 4.79 Å². The van der Waals surface area contributed by atoms with Crippen molar-refractivity contribution in [3.63, 3.8) is 0 Å². The van der Waals surface area contributed by atoms with Gasteiger partial charge in [0.15, 0.2) is 0 Å². The zero-order chi connectivity index (χ0) is 19.5. The molecule has 150 valence electrons. The van der Waals surface area contributed by atoms with E-state index in [0.717, 1.165) is 29.9 Å². The monoisotopic (exact) mass is 387 g/mol. The van der Waals surface area contributed by atoms with Crippen molar-refractivity contribution in [3.05, 3.63) is 23.8 Å². The third-order valence-corrected chi connectivity index (χ3v) is 5.01. The lowest BCUT2D eigenvalue weighted by Crippen LogP contribution is -2.51. The van der Waals surface area contributed by atoms with Gasteiger partial charge < -0.3 is 35.1 Å². The van der Waals surface area contributed by atoms with Crippen molar-refractivity contribution in [2.75, 3.05) is 56.6 Å². The molecule has 2 fully saturated rings. The van der Waals surface area contributed by atoms with Crippen LogP contribution in [0.25, 0.3) is 11.5 Å². The van der Waals surface area contributed by atoms with E-state index in [1.807, 2.05) is 23.1 Å². The number of nitrogens with one attached hydrogen (secondary N) is 3. The average Bonchev–Trinajstić information content (AvgIpc) is 3.20. The molecule has 1 amide bonds. The number of rotatable bonds is 5. The third kappa shape index (κ3) is 3.63. The van der Waals surface area contributed by atoms with E-state index in [9.17, 15) is 4.79 Å². The molecule has 0 radical (unpaired) electrons. The summed E-state index contributed by atoms with van der Waals surface area (Å²) in [5, 5.41) is 18.4. The molecule has 2 saturated heterocycles. The van der Waals surface area contributed by atoms with Crippen LogP contribution >= 0.6 is 0 Å². The largest absolute Gasteiger partial charge is 0.453 e. The Morgan fingerprint density at radius 1 is 1.39 bits per heavy atom. The van der Waals surface area contributed by atoms with E-state index in [1.54, 1.807) is 4.90 Å². The summed E-state index contributed by atoms with van der Waals surface area (Å²) in [6.07, 6.45) is 1.01. The molecule has 1 aromatic carbocycles. The van der Waals surface area contributed by atoms with Crippen molar-refractivity contribution >= 4 is 23.9 Å². The molecule has 2 aliphatic rings. The molecule has 0 aliphatic carbocycles. The second kappa shape index (κ2) is 7.85. The van der Waals surface area contributed by atoms with E-state index < -0.39 is 0 Å². The maximum absolute atomic E-state index is 11.6. The molecule has 3 N–H and O–H groups in total. The number of benzene rings is 1. The zero-order valence-corrected chi connectivity index (χ0v) is 15.6. The molecule has 0 saturated carbocycles. The van der Waals surface area contributed by atoms with Crippen molar-refractivity contribution in [3.8, 4) is 11.5 Å². The first-order valence-corrected chi connectivity index (χ1v) is 9.21. The molecule has 4 rings (SSSR count). The minimum absolute atomic E-state index is 0. The number of ether oxygens (including phenoxy) is 1. The molecule has 10 heteroatoms. The Labute approximate surface area is 163 Å². The number of amides is 1. The van der Waals surface area contributed by atoms with Crippen LogP contribution in [0.15, 0.2) is 22.7 Å². The Kier molecular flexibility index (Phi) is 5.11. The van der Waals surface area contributed by atoms with Gasteiger partial charge in [0, 0.05) is 63.7 Å². The van der Waals surface area contributed by atoms with Gasteiger partial charge in [0.2, 0.25) is 0 Å². The standard InChI is InChI=1S/C18H23N7O3.H2/c1-27-18(26)25-6-4-24(5-7-25)17-22-16(28-23-17)12-2-3-13(9-19)15(8-12)21-14-10-20-11-14;/h2-3,8-9,14,19-21H,4-7,10-11H2,1H3;1H. The first kappa shape index (κ1) is 18.2. The quantitative estimate of drug-likeness (QED) is 0.656. The Bertz CT molecular complexity index is 863. The lowest BCUT2D eigenvalue weighted by atomic mass is 10.1. The summed E-state index contributed by atoms with van der Waals surface area (Å²) in [6, 6.07) is 6.04. The Morgan fingerprint density at radius 3 is 2.82 bits per heavy atom. The van der Waals surface area contributed by atoms with E-state index in [4.69, 9.17) is 14.7 Å². The van der Waals surface area contributed by atoms with Crippen LogP contribution in [-0.4, -0.2) is 79.8 Å². The predicted octanol–water partition coefficient (Wildman–Crippen LogP) is 1.25. The van der Waals surface area contributed by atoms with Crippen LogP contribution in [0.4, 0.5) is 16.4 Å². The van der Waals surface area contributed by atoms with Gasteiger partial charge in [-0.3, -0.25) is 0 Å². The summed E-state index contributed by atoms with van der Waals surface area (Å²) in [7, 11) is 1.38. The molecule has 0 bridgehead atoms. The first-order valence-electron chi connectivity index (χ1n) is 9.21. The second-order valence-electron chi connectivity index (χ2n) is 6.79. The number of methoxy groups -OCH3 is 1. The van der Waals surface area contributed by atoms with E-state index >= 15 is 0 Å². The van der Waals surface area contributed by atoms with Gasteiger partial charge in [0.05, 0.1) is 13.2 Å². The normalized spacial score (nSPS) is 17.2. The van der Waals surface area contributed by atoms with E-state index in [2.05, 4.69) is 20.8 Å². The van der Waals surface area contributed by atoms with Gasteiger partial charge in [0.1, 0.15) is 0 Å². The highest BCUT2D eigenvalue weighted by Crippen LogP contribution is 2.26. The summed E-state index contributed by atoms with van der Waals surface area (Å²) in [6.45, 7) is 4.14. The molecule has 1 aromatic heterocycles. The Hall–Kier alpha value is -3.14. The lowest BCUT2D eigenvalue weighted by molar-refractivity contribution is 0.121. The van der Waals surface area contributed by atoms with E-state index in [0.29, 0.717) is 44.1 Å². The summed E-state index contributed by atoms with van der Waals surface area (Å²) in [4.78, 5) is 19.8. The number of anilines is 2. The van der Waals surface area contributed by atoms with Crippen LogP contribution in [0.2, 0.25) is 0 Å². The number of hydrogen-bond donors (Lipinski definition) is 3. The number of carbonyl (C=O) groups is 1. The fourth-order valence-corrected chi connectivity index (χ4v) is 3.23. The molecule has 28 heavy (non-hydrogen) atoms. The van der Waals surface area contributed by atoms with Crippen molar-refractivity contribution in [1.82, 2.24) is 20.4 Å². The number of nitrogens with zero attached hydrogens (tertiary/aromatic N) is 4. The van der Waals surface area contributed by atoms with Crippen LogP contribution in [0.5, 0.6) is 0 Å². The fourth-order valence-electron chi connectivity index (χ4n) is 3.23. The van der Waals surface area contributed by atoms with Gasteiger partial charge in [-0.1, -0.05) is 6.07 Å². The molecule has 10 nitrogen and oxygen atoms in total. The summed E-state index contributed by atoms with van der Waals surface area (Å²) >= 11 is 0. The highest BCUT2D eigenvalue weighted by atomic mass is 16.5. The van der Waals surface area contributed by atoms with Crippen LogP contribution in [0.3, 0.4) is 0 Å². The van der Waals surface area contributed by atoms with Gasteiger partial charge in [-0.2, -0.15) is 4.98 Å². The van der Waals surface area contributed by atoms with Gasteiger partial charge in [-0.05, 0) is 17.3 Å². The highest BCUT2D eigenvalue weighted by molar-refractivity contribution is 5.87. The van der Waals surface area contributed by atoms with Crippen molar-refractivity contribution < 1.29 is 15.5 Å². The second-order valence-corrected chi connectivity index (χ2v) is 6.79. The van der Waals surface area contributed by atoms with Gasteiger partial charge >= 0.3 is 6.09 Å². The molecular formula is C18H25N7O3. The molecule has 0 atom stereocenters. The first-order chi connectivity index (χ1) is 13.7. The number of aromatic nitrogens is 2. The number of hydrogen-bond acceptors (Lipinski definition) is 9. The fraction of sp³-hybridized carbons (Fsp3) is 0.444. The summed E-state index contributed by atoms with van der Waals surface area (Å²) in [5.41, 5.74) is 2.49. The van der Waals surface area contributed by atoms with Gasteiger partial charge in [0.25, 0.3) is 11.8 Å². The Balaban J connectivity index is 0.00000240. The van der Waals surface area contributed by atoms with Crippen LogP contribution in [0.1, 0.15) is 6.99 Å². The highest BCUT2D eigenvalue weighted by Gasteiger charge is 2.25. The zero-order valence-electron chi connectivity index (χ0n) is 15.6. The number of piperazine rings is 1. The maximum Gasteiger partial charge on any atom is 0.409 e. The molecule has 2 aromatic rings. The predicted molar refractivity (Wildman–Crippen MR) is 106 cm³/mol. The molecule has 0 spiro atoms. The Morgan fingerprint density at radius 2 is 2.18 bits per heavy atom. The molecule has 0 unspecified atom stereocenters. The topological polar surface area (TPSA) is 120 Å². The molecule has 3 heterocycles. The summed E-state index contributed by atoms with van der Waals surface area (Å²) < 4.78 is 10.2. The summed E-state index contributed by atoms with van der Waals surface area (Å²) in [5.74, 6) is 0.935. The third-order valence-electron chi connectivity index (χ3n) is 5.01. The minimum Gasteiger partial charge on any atom is -0.453 e. The van der Waals surface area contributed by atoms with Crippen molar-refractivity contribution in [2.24, 2.45) is 0 Å². The minimum atomic E-state index is -0.318. The maximum atomic E-state index is 11.6. The smallest absolute Gasteiger partial charge is 0.409 e. The van der Waals surface area contributed by atoms with Gasteiger partial charge in [-0.15, -0.1) is 0 Å². The van der Waals surface area contributed by atoms with Crippen LogP contribution in [0, 0.1) is 5.41 Å². The van der Waals surface area contributed by atoms with E-state index in [-0.39, 0.29) is 7.52 Å². The SMILES string of the molecule is COC(=O)N1CCN(c2noc(-c3ccc(C=N)c(NC4CNC4)c3)n2)CC1.[HH]. The van der Waals surface area contributed by atoms with Crippen LogP contribution in [-0.2, 0) is 4.74 Å². The average molecular weight is 387 g/mol. The van der Waals surface area contributed by atoms with Crippen molar-refractivity contribution in [1.29, 1.82) is 5.41 Å². The number of carbonyl (C=O) groups excluding carboxylic acids is 1.